The van der Waals surface area contributed by atoms with Gasteiger partial charge in [0.2, 0.25) is 5.62 Å². The van der Waals surface area contributed by atoms with Crippen LogP contribution in [0.15, 0.2) is 47.7 Å². The van der Waals surface area contributed by atoms with E-state index in [0.717, 1.165) is 29.8 Å². The van der Waals surface area contributed by atoms with Gasteiger partial charge in [-0.05, 0) is 31.2 Å². The fourth-order valence-corrected chi connectivity index (χ4v) is 2.77. The molecule has 0 aliphatic carbocycles. The zero-order valence-electron chi connectivity index (χ0n) is 12.7. The maximum Gasteiger partial charge on any atom is 0.281 e. The molecule has 4 rings (SSSR count). The topological polar surface area (TPSA) is 72.2 Å². The SMILES string of the molecule is Cc1ccc2nc(=NC(=O)c3cccnc3)n3c(c2c1)NCC3. The van der Waals surface area contributed by atoms with Crippen molar-refractivity contribution in [1.82, 2.24) is 14.5 Å². The minimum atomic E-state index is -0.335. The molecule has 6 nitrogen and oxygen atoms in total. The van der Waals surface area contributed by atoms with Crippen molar-refractivity contribution in [3.05, 3.63) is 59.5 Å². The van der Waals surface area contributed by atoms with E-state index < -0.39 is 0 Å². The summed E-state index contributed by atoms with van der Waals surface area (Å²) in [4.78, 5) is 25.1. The number of hydrogen-bond donors (Lipinski definition) is 1. The Balaban J connectivity index is 1.93. The van der Waals surface area contributed by atoms with Gasteiger partial charge in [0.05, 0.1) is 11.1 Å². The maximum absolute atomic E-state index is 12.3. The molecular weight excluding hydrogens is 290 g/mol. The van der Waals surface area contributed by atoms with E-state index in [-0.39, 0.29) is 5.91 Å². The van der Waals surface area contributed by atoms with Gasteiger partial charge >= 0.3 is 0 Å². The van der Waals surface area contributed by atoms with Crippen molar-refractivity contribution in [1.29, 1.82) is 0 Å². The van der Waals surface area contributed by atoms with E-state index in [1.54, 1.807) is 18.3 Å². The fraction of sp³-hybridized carbons (Fsp3) is 0.176. The minimum Gasteiger partial charge on any atom is -0.369 e. The Morgan fingerprint density at radius 3 is 3.09 bits per heavy atom. The summed E-state index contributed by atoms with van der Waals surface area (Å²) in [6.45, 7) is 3.60. The Morgan fingerprint density at radius 1 is 1.35 bits per heavy atom. The van der Waals surface area contributed by atoms with Gasteiger partial charge in [0.25, 0.3) is 5.91 Å². The van der Waals surface area contributed by atoms with Crippen LogP contribution in [0, 0.1) is 6.92 Å². The van der Waals surface area contributed by atoms with Crippen LogP contribution in [0.4, 0.5) is 5.82 Å². The average Bonchev–Trinajstić information content (AvgIpc) is 3.06. The molecule has 0 saturated carbocycles. The highest BCUT2D eigenvalue weighted by molar-refractivity contribution is 5.95. The number of anilines is 1. The van der Waals surface area contributed by atoms with Crippen LogP contribution in [0.3, 0.4) is 0 Å². The van der Waals surface area contributed by atoms with Crippen molar-refractivity contribution < 1.29 is 4.79 Å². The molecule has 1 aromatic carbocycles. The Bertz CT molecular complexity index is 975. The lowest BCUT2D eigenvalue weighted by molar-refractivity contribution is 0.0996. The second kappa shape index (κ2) is 5.31. The molecule has 6 heteroatoms. The molecule has 1 aliphatic rings. The molecule has 0 saturated heterocycles. The lowest BCUT2D eigenvalue weighted by Gasteiger charge is -2.08. The second-order valence-electron chi connectivity index (χ2n) is 5.52. The van der Waals surface area contributed by atoms with Crippen molar-refractivity contribution in [2.24, 2.45) is 4.99 Å². The maximum atomic E-state index is 12.3. The van der Waals surface area contributed by atoms with Gasteiger partial charge in [-0.1, -0.05) is 11.6 Å². The number of nitrogens with zero attached hydrogens (tertiary/aromatic N) is 4. The van der Waals surface area contributed by atoms with Crippen molar-refractivity contribution in [2.45, 2.75) is 13.5 Å². The van der Waals surface area contributed by atoms with E-state index in [2.05, 4.69) is 33.3 Å². The summed E-state index contributed by atoms with van der Waals surface area (Å²) in [6.07, 6.45) is 3.14. The number of fused-ring (bicyclic) bond motifs is 3. The third-order valence-electron chi connectivity index (χ3n) is 3.88. The molecule has 23 heavy (non-hydrogen) atoms. The number of carbonyl (C=O) groups excluding carboxylic acids is 1. The van der Waals surface area contributed by atoms with Gasteiger partial charge in [-0.15, -0.1) is 0 Å². The predicted octanol–water partition coefficient (Wildman–Crippen LogP) is 1.91. The molecule has 2 aromatic heterocycles. The first kappa shape index (κ1) is 13.6. The number of benzene rings is 1. The lowest BCUT2D eigenvalue weighted by atomic mass is 10.1. The van der Waals surface area contributed by atoms with Gasteiger partial charge < -0.3 is 5.32 Å². The van der Waals surface area contributed by atoms with E-state index in [1.165, 1.54) is 11.8 Å². The highest BCUT2D eigenvalue weighted by Gasteiger charge is 2.16. The van der Waals surface area contributed by atoms with Crippen LogP contribution in [-0.4, -0.2) is 27.0 Å². The number of carbonyl (C=O) groups is 1. The quantitative estimate of drug-likeness (QED) is 0.745. The van der Waals surface area contributed by atoms with Crippen LogP contribution >= 0.6 is 0 Å². The first-order valence-corrected chi connectivity index (χ1v) is 7.46. The van der Waals surface area contributed by atoms with Crippen LogP contribution in [0.5, 0.6) is 0 Å². The Labute approximate surface area is 132 Å². The third kappa shape index (κ3) is 2.38. The normalized spacial score (nSPS) is 13.9. The van der Waals surface area contributed by atoms with Crippen LogP contribution in [0.1, 0.15) is 15.9 Å². The van der Waals surface area contributed by atoms with Crippen molar-refractivity contribution in [3.8, 4) is 0 Å². The summed E-state index contributed by atoms with van der Waals surface area (Å²) in [5.74, 6) is 0.634. The summed E-state index contributed by atoms with van der Waals surface area (Å²) in [6, 6.07) is 9.48. The van der Waals surface area contributed by atoms with Crippen LogP contribution < -0.4 is 10.9 Å². The molecule has 3 aromatic rings. The van der Waals surface area contributed by atoms with E-state index in [9.17, 15) is 4.79 Å². The van der Waals surface area contributed by atoms with Gasteiger partial charge in [-0.3, -0.25) is 14.3 Å². The van der Waals surface area contributed by atoms with Gasteiger partial charge in [0.1, 0.15) is 5.82 Å². The summed E-state index contributed by atoms with van der Waals surface area (Å²) in [5, 5.41) is 4.41. The molecule has 114 valence electrons. The van der Waals surface area contributed by atoms with Crippen LogP contribution in [-0.2, 0) is 6.54 Å². The molecule has 0 atom stereocenters. The van der Waals surface area contributed by atoms with E-state index in [4.69, 9.17) is 0 Å². The van der Waals surface area contributed by atoms with E-state index in [0.29, 0.717) is 11.2 Å². The van der Waals surface area contributed by atoms with E-state index in [1.807, 2.05) is 16.7 Å². The molecule has 3 heterocycles. The number of aryl methyl sites for hydroxylation is 1. The van der Waals surface area contributed by atoms with Gasteiger partial charge in [0, 0.05) is 30.9 Å². The number of pyridine rings is 1. The summed E-state index contributed by atoms with van der Waals surface area (Å²) in [5.41, 5.74) is 2.88. The monoisotopic (exact) mass is 305 g/mol. The van der Waals surface area contributed by atoms with Crippen molar-refractivity contribution in [3.63, 3.8) is 0 Å². The molecule has 0 bridgehead atoms. The molecule has 1 amide bonds. The van der Waals surface area contributed by atoms with Gasteiger partial charge in [-0.2, -0.15) is 4.99 Å². The first-order valence-electron chi connectivity index (χ1n) is 7.46. The minimum absolute atomic E-state index is 0.335. The summed E-state index contributed by atoms with van der Waals surface area (Å²) in [7, 11) is 0. The molecule has 0 spiro atoms. The Morgan fingerprint density at radius 2 is 2.26 bits per heavy atom. The zero-order chi connectivity index (χ0) is 15.8. The van der Waals surface area contributed by atoms with Crippen molar-refractivity contribution in [2.75, 3.05) is 11.9 Å². The molecule has 0 unspecified atom stereocenters. The smallest absolute Gasteiger partial charge is 0.281 e. The fourth-order valence-electron chi connectivity index (χ4n) is 2.77. The number of amides is 1. The average molecular weight is 305 g/mol. The van der Waals surface area contributed by atoms with E-state index >= 15 is 0 Å². The molecule has 1 N–H and O–H groups in total. The highest BCUT2D eigenvalue weighted by atomic mass is 16.1. The number of hydrogen-bond acceptors (Lipinski definition) is 4. The lowest BCUT2D eigenvalue weighted by Crippen LogP contribution is -2.24. The van der Waals surface area contributed by atoms with Crippen molar-refractivity contribution >= 4 is 22.6 Å². The number of aromatic nitrogens is 3. The second-order valence-corrected chi connectivity index (χ2v) is 5.52. The summed E-state index contributed by atoms with van der Waals surface area (Å²) < 4.78 is 1.95. The largest absolute Gasteiger partial charge is 0.369 e. The van der Waals surface area contributed by atoms with Gasteiger partial charge in [-0.25, -0.2) is 4.98 Å². The highest BCUT2D eigenvalue weighted by Crippen LogP contribution is 2.23. The zero-order valence-corrected chi connectivity index (χ0v) is 12.7. The Kier molecular flexibility index (Phi) is 3.15. The third-order valence-corrected chi connectivity index (χ3v) is 3.88. The predicted molar refractivity (Wildman–Crippen MR) is 87.1 cm³/mol. The number of rotatable bonds is 1. The molecule has 0 fully saturated rings. The Hall–Kier alpha value is -3.02. The molecular formula is C17H15N5O. The molecule has 1 aliphatic heterocycles. The first-order chi connectivity index (χ1) is 11.2. The van der Waals surface area contributed by atoms with Crippen LogP contribution in [0.25, 0.3) is 10.9 Å². The van der Waals surface area contributed by atoms with Crippen LogP contribution in [0.2, 0.25) is 0 Å². The number of nitrogens with one attached hydrogen (secondary N) is 1. The van der Waals surface area contributed by atoms with Gasteiger partial charge in [0.15, 0.2) is 0 Å². The summed E-state index contributed by atoms with van der Waals surface area (Å²) >= 11 is 0. The molecule has 0 radical (unpaired) electrons. The standard InChI is InChI=1S/C17H15N5O/c1-11-4-5-14-13(9-11)15-19-7-8-22(15)17(20-14)21-16(23)12-3-2-6-18-10-12/h2-6,9-10,19H,7-8H2,1H3.